The molecule has 0 atom stereocenters. The Balaban J connectivity index is 0.00000261. The van der Waals surface area contributed by atoms with Crippen molar-refractivity contribution in [3.8, 4) is 5.82 Å². The molecule has 3 rings (SSSR count). The molecule has 0 aliphatic heterocycles. The van der Waals surface area contributed by atoms with Crippen molar-refractivity contribution in [3.05, 3.63) is 77.0 Å². The van der Waals surface area contributed by atoms with E-state index in [-0.39, 0.29) is 24.0 Å². The molecule has 0 unspecified atom stereocenters. The van der Waals surface area contributed by atoms with Crippen LogP contribution in [0.25, 0.3) is 5.82 Å². The van der Waals surface area contributed by atoms with Gasteiger partial charge < -0.3 is 10.6 Å². The van der Waals surface area contributed by atoms with Crippen LogP contribution in [-0.4, -0.2) is 27.5 Å². The maximum atomic E-state index is 6.18. The molecule has 0 spiro atoms. The van der Waals surface area contributed by atoms with Gasteiger partial charge in [-0.15, -0.1) is 24.0 Å². The van der Waals surface area contributed by atoms with Crippen molar-refractivity contribution < 1.29 is 0 Å². The highest BCUT2D eigenvalue weighted by Crippen LogP contribution is 2.14. The molecule has 0 saturated heterocycles. The van der Waals surface area contributed by atoms with E-state index < -0.39 is 0 Å². The van der Waals surface area contributed by atoms with E-state index in [1.54, 1.807) is 13.2 Å². The topological polar surface area (TPSA) is 67.1 Å². The van der Waals surface area contributed by atoms with Gasteiger partial charge in [-0.2, -0.15) is 0 Å². The standard InChI is InChI=1S/C19H21ClN6.HI/c1-14-22-9-10-26(14)18-8-7-15(11-23-18)12-24-19(21-2)25-13-16-5-3-4-6-17(16)20;/h3-11H,12-13H2,1-2H3,(H2,21,24,25);1H. The summed E-state index contributed by atoms with van der Waals surface area (Å²) in [6.45, 7) is 3.18. The second kappa shape index (κ2) is 10.3. The number of benzene rings is 1. The molecule has 6 nitrogen and oxygen atoms in total. The number of hydrogen-bond donors (Lipinski definition) is 2. The van der Waals surface area contributed by atoms with Gasteiger partial charge in [0.1, 0.15) is 11.6 Å². The first-order valence-corrected chi connectivity index (χ1v) is 8.68. The predicted octanol–water partition coefficient (Wildman–Crippen LogP) is 3.71. The monoisotopic (exact) mass is 496 g/mol. The second-order valence-corrected chi connectivity index (χ2v) is 6.15. The molecule has 2 aromatic heterocycles. The highest BCUT2D eigenvalue weighted by atomic mass is 127. The lowest BCUT2D eigenvalue weighted by Gasteiger charge is -2.13. The number of nitrogens with one attached hydrogen (secondary N) is 2. The second-order valence-electron chi connectivity index (χ2n) is 5.74. The summed E-state index contributed by atoms with van der Waals surface area (Å²) < 4.78 is 1.95. The van der Waals surface area contributed by atoms with E-state index in [0.29, 0.717) is 19.0 Å². The van der Waals surface area contributed by atoms with Crippen molar-refractivity contribution in [1.82, 2.24) is 25.2 Å². The van der Waals surface area contributed by atoms with Gasteiger partial charge in [-0.3, -0.25) is 9.56 Å². The lowest BCUT2D eigenvalue weighted by Crippen LogP contribution is -2.36. The Bertz CT molecular complexity index is 891. The molecule has 0 bridgehead atoms. The molecule has 0 amide bonds. The van der Waals surface area contributed by atoms with E-state index in [4.69, 9.17) is 11.6 Å². The Labute approximate surface area is 181 Å². The molecule has 8 heteroatoms. The lowest BCUT2D eigenvalue weighted by molar-refractivity contribution is 0.805. The molecule has 0 radical (unpaired) electrons. The van der Waals surface area contributed by atoms with E-state index in [1.165, 1.54) is 0 Å². The molecular weight excluding hydrogens is 475 g/mol. The van der Waals surface area contributed by atoms with Crippen molar-refractivity contribution >= 4 is 41.5 Å². The third-order valence-corrected chi connectivity index (χ3v) is 4.34. The van der Waals surface area contributed by atoms with Crippen molar-refractivity contribution in [3.63, 3.8) is 0 Å². The number of pyridine rings is 1. The summed E-state index contributed by atoms with van der Waals surface area (Å²) in [5.41, 5.74) is 2.09. The molecular formula is C19H22ClIN6. The molecule has 1 aromatic carbocycles. The average Bonchev–Trinajstić information content (AvgIpc) is 3.09. The summed E-state index contributed by atoms with van der Waals surface area (Å²) in [5.74, 6) is 2.47. The van der Waals surface area contributed by atoms with E-state index in [1.807, 2.05) is 60.3 Å². The van der Waals surface area contributed by atoms with Crippen LogP contribution in [0.5, 0.6) is 0 Å². The Kier molecular flexibility index (Phi) is 8.05. The SMILES string of the molecule is CN=C(NCc1ccc(-n2ccnc2C)nc1)NCc1ccccc1Cl.I. The van der Waals surface area contributed by atoms with Crippen LogP contribution in [0, 0.1) is 6.92 Å². The van der Waals surface area contributed by atoms with E-state index >= 15 is 0 Å². The van der Waals surface area contributed by atoms with Crippen molar-refractivity contribution in [2.45, 2.75) is 20.0 Å². The molecule has 0 fully saturated rings. The summed E-state index contributed by atoms with van der Waals surface area (Å²) in [5, 5.41) is 7.28. The quantitative estimate of drug-likeness (QED) is 0.321. The molecule has 0 aliphatic rings. The average molecular weight is 497 g/mol. The zero-order valence-corrected chi connectivity index (χ0v) is 18.3. The summed E-state index contributed by atoms with van der Waals surface area (Å²) >= 11 is 6.18. The minimum atomic E-state index is 0. The Morgan fingerprint density at radius 3 is 2.52 bits per heavy atom. The van der Waals surface area contributed by atoms with E-state index in [0.717, 1.165) is 27.8 Å². The van der Waals surface area contributed by atoms with Crippen molar-refractivity contribution in [2.75, 3.05) is 7.05 Å². The van der Waals surface area contributed by atoms with Crippen LogP contribution in [0.3, 0.4) is 0 Å². The molecule has 0 aliphatic carbocycles. The van der Waals surface area contributed by atoms with Crippen LogP contribution in [0.1, 0.15) is 17.0 Å². The maximum absolute atomic E-state index is 6.18. The van der Waals surface area contributed by atoms with Crippen molar-refractivity contribution in [1.29, 1.82) is 0 Å². The van der Waals surface area contributed by atoms with Crippen LogP contribution in [-0.2, 0) is 13.1 Å². The highest BCUT2D eigenvalue weighted by Gasteiger charge is 2.04. The van der Waals surface area contributed by atoms with Crippen LogP contribution in [0.2, 0.25) is 5.02 Å². The third-order valence-electron chi connectivity index (χ3n) is 3.97. The van der Waals surface area contributed by atoms with Gasteiger partial charge in [-0.1, -0.05) is 35.9 Å². The predicted molar refractivity (Wildman–Crippen MR) is 120 cm³/mol. The minimum Gasteiger partial charge on any atom is -0.352 e. The van der Waals surface area contributed by atoms with Crippen LogP contribution < -0.4 is 10.6 Å². The number of rotatable bonds is 5. The molecule has 27 heavy (non-hydrogen) atoms. The zero-order valence-electron chi connectivity index (χ0n) is 15.2. The molecule has 0 saturated carbocycles. The Hall–Kier alpha value is -2.13. The first-order chi connectivity index (χ1) is 12.7. The fourth-order valence-corrected chi connectivity index (χ4v) is 2.71. The number of hydrogen-bond acceptors (Lipinski definition) is 3. The summed E-state index contributed by atoms with van der Waals surface area (Å²) in [6, 6.07) is 11.8. The van der Waals surface area contributed by atoms with E-state index in [9.17, 15) is 0 Å². The summed E-state index contributed by atoms with van der Waals surface area (Å²) in [4.78, 5) is 12.9. The van der Waals surface area contributed by atoms with Gasteiger partial charge in [0.25, 0.3) is 0 Å². The fraction of sp³-hybridized carbons (Fsp3) is 0.211. The van der Waals surface area contributed by atoms with E-state index in [2.05, 4.69) is 25.6 Å². The largest absolute Gasteiger partial charge is 0.352 e. The number of guanidine groups is 1. The summed E-state index contributed by atoms with van der Waals surface area (Å²) in [7, 11) is 1.74. The number of aryl methyl sites for hydroxylation is 1. The number of halogens is 2. The molecule has 142 valence electrons. The number of aromatic nitrogens is 3. The molecule has 2 heterocycles. The summed E-state index contributed by atoms with van der Waals surface area (Å²) in [6.07, 6.45) is 5.51. The normalized spacial score (nSPS) is 11.0. The number of nitrogens with zero attached hydrogens (tertiary/aromatic N) is 4. The number of aliphatic imine (C=N–C) groups is 1. The third kappa shape index (κ3) is 5.67. The minimum absolute atomic E-state index is 0. The maximum Gasteiger partial charge on any atom is 0.191 e. The van der Waals surface area contributed by atoms with Crippen molar-refractivity contribution in [2.24, 2.45) is 4.99 Å². The Morgan fingerprint density at radius 2 is 1.89 bits per heavy atom. The van der Waals surface area contributed by atoms with Gasteiger partial charge in [0.2, 0.25) is 0 Å². The molecule has 2 N–H and O–H groups in total. The molecule has 3 aromatic rings. The first-order valence-electron chi connectivity index (χ1n) is 8.30. The van der Waals surface area contributed by atoms with Gasteiger partial charge in [0.05, 0.1) is 0 Å². The number of imidazole rings is 1. The lowest BCUT2D eigenvalue weighted by atomic mass is 10.2. The fourth-order valence-electron chi connectivity index (χ4n) is 2.51. The van der Waals surface area contributed by atoms with Crippen LogP contribution in [0.4, 0.5) is 0 Å². The van der Waals surface area contributed by atoms with Gasteiger partial charge in [0.15, 0.2) is 5.96 Å². The smallest absolute Gasteiger partial charge is 0.191 e. The van der Waals surface area contributed by atoms with Gasteiger partial charge in [-0.25, -0.2) is 9.97 Å². The first kappa shape index (κ1) is 21.2. The highest BCUT2D eigenvalue weighted by molar-refractivity contribution is 14.0. The van der Waals surface area contributed by atoms with Crippen LogP contribution >= 0.6 is 35.6 Å². The van der Waals surface area contributed by atoms with Gasteiger partial charge in [-0.05, 0) is 30.2 Å². The zero-order chi connectivity index (χ0) is 18.4. The Morgan fingerprint density at radius 1 is 1.11 bits per heavy atom. The van der Waals surface area contributed by atoms with Gasteiger partial charge >= 0.3 is 0 Å². The van der Waals surface area contributed by atoms with Gasteiger partial charge in [0, 0.05) is 43.8 Å². The van der Waals surface area contributed by atoms with Crippen LogP contribution in [0.15, 0.2) is 60.0 Å².